The standard InChI is InChI=1S/C35H28N4O2S/c1-24-9-17-30(18-10-24)37-35-38-33(23-42-35)27-13-15-28(16-14-27)34(40)39-36-21-25-11-19-31(20-12-25)41-22-29-7-4-6-26-5-2-3-8-32(26)29/h2-21,23H,22H2,1H3,(H,37,38)(H,39,40)/b36-21-. The number of fused-ring (bicyclic) bond motifs is 1. The van der Waals surface area contributed by atoms with Crippen LogP contribution in [0.1, 0.15) is 27.0 Å². The number of hydrogen-bond donors (Lipinski definition) is 2. The van der Waals surface area contributed by atoms with E-state index in [1.54, 1.807) is 18.3 Å². The lowest BCUT2D eigenvalue weighted by molar-refractivity contribution is 0.0955. The van der Waals surface area contributed by atoms with Crippen LogP contribution in [-0.2, 0) is 6.61 Å². The molecule has 0 aliphatic rings. The Labute approximate surface area is 248 Å². The maximum Gasteiger partial charge on any atom is 0.271 e. The first-order valence-electron chi connectivity index (χ1n) is 13.5. The van der Waals surface area contributed by atoms with Crippen LogP contribution in [-0.4, -0.2) is 17.1 Å². The van der Waals surface area contributed by atoms with Crippen molar-refractivity contribution in [1.82, 2.24) is 10.4 Å². The summed E-state index contributed by atoms with van der Waals surface area (Å²) in [6, 6.07) is 37.6. The third-order valence-electron chi connectivity index (χ3n) is 6.78. The number of ether oxygens (including phenoxy) is 1. The van der Waals surface area contributed by atoms with Crippen molar-refractivity contribution in [2.75, 3.05) is 5.32 Å². The molecule has 5 aromatic carbocycles. The Morgan fingerprint density at radius 2 is 1.64 bits per heavy atom. The van der Waals surface area contributed by atoms with Gasteiger partial charge in [-0.25, -0.2) is 10.4 Å². The van der Waals surface area contributed by atoms with E-state index < -0.39 is 0 Å². The van der Waals surface area contributed by atoms with Crippen LogP contribution in [0, 0.1) is 6.92 Å². The van der Waals surface area contributed by atoms with E-state index in [4.69, 9.17) is 4.74 Å². The van der Waals surface area contributed by atoms with Crippen LogP contribution in [0.5, 0.6) is 5.75 Å². The number of carbonyl (C=O) groups is 1. The minimum absolute atomic E-state index is 0.284. The first-order valence-corrected chi connectivity index (χ1v) is 14.4. The number of amides is 1. The molecule has 1 aromatic heterocycles. The van der Waals surface area contributed by atoms with Gasteiger partial charge in [0.25, 0.3) is 5.91 Å². The Balaban J connectivity index is 1.01. The topological polar surface area (TPSA) is 75.6 Å². The lowest BCUT2D eigenvalue weighted by Crippen LogP contribution is -2.17. The highest BCUT2D eigenvalue weighted by Gasteiger charge is 2.08. The molecule has 0 unspecified atom stereocenters. The molecule has 206 valence electrons. The van der Waals surface area contributed by atoms with Crippen molar-refractivity contribution < 1.29 is 9.53 Å². The first-order chi connectivity index (χ1) is 20.6. The summed E-state index contributed by atoms with van der Waals surface area (Å²) in [6.07, 6.45) is 1.61. The number of rotatable bonds is 9. The molecule has 0 spiro atoms. The molecule has 42 heavy (non-hydrogen) atoms. The highest BCUT2D eigenvalue weighted by Crippen LogP contribution is 2.27. The number of hydrazone groups is 1. The van der Waals surface area contributed by atoms with Crippen molar-refractivity contribution in [2.45, 2.75) is 13.5 Å². The number of aryl methyl sites for hydroxylation is 1. The molecule has 2 N–H and O–H groups in total. The third-order valence-corrected chi connectivity index (χ3v) is 7.54. The van der Waals surface area contributed by atoms with Crippen molar-refractivity contribution in [3.63, 3.8) is 0 Å². The second kappa shape index (κ2) is 12.5. The molecule has 0 saturated heterocycles. The maximum atomic E-state index is 12.6. The van der Waals surface area contributed by atoms with Gasteiger partial charge in [-0.15, -0.1) is 11.3 Å². The van der Waals surface area contributed by atoms with Gasteiger partial charge < -0.3 is 10.1 Å². The maximum absolute atomic E-state index is 12.6. The van der Waals surface area contributed by atoms with Gasteiger partial charge in [-0.3, -0.25) is 4.79 Å². The average Bonchev–Trinajstić information content (AvgIpc) is 3.50. The number of anilines is 2. The van der Waals surface area contributed by atoms with Gasteiger partial charge in [0.05, 0.1) is 11.9 Å². The van der Waals surface area contributed by atoms with Crippen LogP contribution in [0.25, 0.3) is 22.0 Å². The lowest BCUT2D eigenvalue weighted by atomic mass is 10.1. The first kappa shape index (κ1) is 26.9. The molecule has 1 amide bonds. The third kappa shape index (κ3) is 6.54. The van der Waals surface area contributed by atoms with Gasteiger partial charge in [-0.1, -0.05) is 72.3 Å². The second-order valence-electron chi connectivity index (χ2n) is 9.80. The number of thiazole rings is 1. The summed E-state index contributed by atoms with van der Waals surface area (Å²) in [6.45, 7) is 2.54. The van der Waals surface area contributed by atoms with Gasteiger partial charge in [-0.05, 0) is 77.4 Å². The number of benzene rings is 5. The van der Waals surface area contributed by atoms with Crippen LogP contribution in [0.15, 0.2) is 126 Å². The zero-order chi connectivity index (χ0) is 28.7. The van der Waals surface area contributed by atoms with Crippen LogP contribution >= 0.6 is 11.3 Å². The average molecular weight is 569 g/mol. The molecular formula is C35H28N4O2S. The minimum atomic E-state index is -0.284. The molecule has 0 atom stereocenters. The molecule has 6 rings (SSSR count). The van der Waals surface area contributed by atoms with Gasteiger partial charge in [0.1, 0.15) is 12.4 Å². The van der Waals surface area contributed by atoms with E-state index in [-0.39, 0.29) is 5.91 Å². The van der Waals surface area contributed by atoms with E-state index >= 15 is 0 Å². The van der Waals surface area contributed by atoms with Crippen molar-refractivity contribution in [3.8, 4) is 17.0 Å². The second-order valence-corrected chi connectivity index (χ2v) is 10.7. The predicted molar refractivity (Wildman–Crippen MR) is 172 cm³/mol. The van der Waals surface area contributed by atoms with Crippen LogP contribution in [0.2, 0.25) is 0 Å². The SMILES string of the molecule is Cc1ccc(Nc2nc(-c3ccc(C(=O)N/N=C\c4ccc(OCc5cccc6ccccc56)cc4)cc3)cs2)cc1. The van der Waals surface area contributed by atoms with Gasteiger partial charge >= 0.3 is 0 Å². The monoisotopic (exact) mass is 568 g/mol. The van der Waals surface area contributed by atoms with Crippen LogP contribution < -0.4 is 15.5 Å². The quantitative estimate of drug-likeness (QED) is 0.136. The summed E-state index contributed by atoms with van der Waals surface area (Å²) >= 11 is 1.54. The molecular weight excluding hydrogens is 540 g/mol. The molecule has 1 heterocycles. The Morgan fingerprint density at radius 1 is 0.881 bits per heavy atom. The fraction of sp³-hybridized carbons (Fsp3) is 0.0571. The van der Waals surface area contributed by atoms with E-state index in [1.165, 1.54) is 27.7 Å². The van der Waals surface area contributed by atoms with Crippen molar-refractivity contribution >= 4 is 45.0 Å². The Hall–Kier alpha value is -5.27. The van der Waals surface area contributed by atoms with Crippen LogP contribution in [0.4, 0.5) is 10.8 Å². The lowest BCUT2D eigenvalue weighted by Gasteiger charge is -2.09. The Bertz CT molecular complexity index is 1840. The molecule has 0 aliphatic heterocycles. The zero-order valence-corrected chi connectivity index (χ0v) is 23.8. The predicted octanol–water partition coefficient (Wildman–Crippen LogP) is 8.36. The number of nitrogens with zero attached hydrogens (tertiary/aromatic N) is 2. The van der Waals surface area contributed by atoms with E-state index in [2.05, 4.69) is 64.1 Å². The summed E-state index contributed by atoms with van der Waals surface area (Å²) < 4.78 is 6.01. The summed E-state index contributed by atoms with van der Waals surface area (Å²) in [7, 11) is 0. The number of carbonyl (C=O) groups excluding carboxylic acids is 1. The van der Waals surface area contributed by atoms with Gasteiger partial charge in [0, 0.05) is 22.2 Å². The normalized spacial score (nSPS) is 11.1. The van der Waals surface area contributed by atoms with E-state index in [0.717, 1.165) is 39.0 Å². The summed E-state index contributed by atoms with van der Waals surface area (Å²) in [5.74, 6) is 0.482. The molecule has 0 aliphatic carbocycles. The number of hydrogen-bond acceptors (Lipinski definition) is 6. The van der Waals surface area contributed by atoms with Gasteiger partial charge in [-0.2, -0.15) is 5.10 Å². The fourth-order valence-electron chi connectivity index (χ4n) is 4.48. The van der Waals surface area contributed by atoms with Crippen LogP contribution in [0.3, 0.4) is 0 Å². The molecule has 6 aromatic rings. The van der Waals surface area contributed by atoms with E-state index in [1.807, 2.05) is 72.1 Å². The van der Waals surface area contributed by atoms with Crippen molar-refractivity contribution in [2.24, 2.45) is 5.10 Å². The number of aromatic nitrogens is 1. The summed E-state index contributed by atoms with van der Waals surface area (Å²) in [5, 5.41) is 12.6. The Kier molecular flexibility index (Phi) is 8.01. The summed E-state index contributed by atoms with van der Waals surface area (Å²) in [5.41, 5.74) is 9.09. The highest BCUT2D eigenvalue weighted by molar-refractivity contribution is 7.14. The smallest absolute Gasteiger partial charge is 0.271 e. The molecule has 7 heteroatoms. The fourth-order valence-corrected chi connectivity index (χ4v) is 5.22. The minimum Gasteiger partial charge on any atom is -0.489 e. The highest BCUT2D eigenvalue weighted by atomic mass is 32.1. The van der Waals surface area contributed by atoms with E-state index in [9.17, 15) is 4.79 Å². The van der Waals surface area contributed by atoms with Gasteiger partial charge in [0.2, 0.25) is 0 Å². The number of nitrogens with one attached hydrogen (secondary N) is 2. The largest absolute Gasteiger partial charge is 0.489 e. The zero-order valence-electron chi connectivity index (χ0n) is 23.0. The Morgan fingerprint density at radius 3 is 2.45 bits per heavy atom. The molecule has 0 fully saturated rings. The van der Waals surface area contributed by atoms with Gasteiger partial charge in [0.15, 0.2) is 5.13 Å². The molecule has 0 radical (unpaired) electrons. The molecule has 0 saturated carbocycles. The summed E-state index contributed by atoms with van der Waals surface area (Å²) in [4.78, 5) is 17.3. The molecule has 0 bridgehead atoms. The van der Waals surface area contributed by atoms with Crippen molar-refractivity contribution in [3.05, 3.63) is 143 Å². The molecule has 6 nitrogen and oxygen atoms in total. The van der Waals surface area contributed by atoms with E-state index in [0.29, 0.717) is 12.2 Å². The van der Waals surface area contributed by atoms with Crippen molar-refractivity contribution in [1.29, 1.82) is 0 Å².